The van der Waals surface area contributed by atoms with Gasteiger partial charge in [0.25, 0.3) is 0 Å². The maximum absolute atomic E-state index is 12.6. The second-order valence-electron chi connectivity index (χ2n) is 8.68. The lowest BCUT2D eigenvalue weighted by molar-refractivity contribution is 0.00595. The summed E-state index contributed by atoms with van der Waals surface area (Å²) in [6.07, 6.45) is 0. The van der Waals surface area contributed by atoms with Gasteiger partial charge >= 0.3 is 11.9 Å². The summed E-state index contributed by atoms with van der Waals surface area (Å²) >= 11 is 0. The Morgan fingerprint density at radius 1 is 0.667 bits per heavy atom. The molecule has 0 spiro atoms. The fourth-order valence-electron chi connectivity index (χ4n) is 3.56. The number of phenols is 2. The molecular formula is C27H24O6. The zero-order chi connectivity index (χ0) is 23.6. The molecule has 6 heteroatoms. The highest BCUT2D eigenvalue weighted by atomic mass is 16.5. The standard InChI is InChI=1S/C27H24O6/c1-27(2,15-32-25(30)21-13-11-17-7-3-5-9-19(17)23(21)28)16-33-26(31)22-14-12-18-8-4-6-10-20(18)24(22)29/h3-14,28-29H,15-16H2,1-2H3. The van der Waals surface area contributed by atoms with Gasteiger partial charge in [0, 0.05) is 16.2 Å². The van der Waals surface area contributed by atoms with Crippen LogP contribution in [-0.4, -0.2) is 35.4 Å². The van der Waals surface area contributed by atoms with Crippen molar-refractivity contribution < 1.29 is 29.3 Å². The number of hydrogen-bond donors (Lipinski definition) is 2. The molecule has 0 aliphatic rings. The van der Waals surface area contributed by atoms with E-state index in [1.165, 1.54) is 12.1 Å². The molecule has 4 aromatic carbocycles. The summed E-state index contributed by atoms with van der Waals surface area (Å²) in [6.45, 7) is 3.51. The molecule has 168 valence electrons. The van der Waals surface area contributed by atoms with Crippen molar-refractivity contribution in [2.75, 3.05) is 13.2 Å². The van der Waals surface area contributed by atoms with E-state index in [0.717, 1.165) is 10.8 Å². The molecular weight excluding hydrogens is 420 g/mol. The molecule has 0 aliphatic carbocycles. The third-order valence-electron chi connectivity index (χ3n) is 5.43. The van der Waals surface area contributed by atoms with Gasteiger partial charge in [0.15, 0.2) is 0 Å². The Hall–Kier alpha value is -4.06. The predicted octanol–water partition coefficient (Wildman–Crippen LogP) is 5.44. The second-order valence-corrected chi connectivity index (χ2v) is 8.68. The Bertz CT molecular complexity index is 1250. The van der Waals surface area contributed by atoms with Crippen LogP contribution < -0.4 is 0 Å². The largest absolute Gasteiger partial charge is 0.506 e. The van der Waals surface area contributed by atoms with Crippen LogP contribution in [0.3, 0.4) is 0 Å². The van der Waals surface area contributed by atoms with E-state index in [1.54, 1.807) is 50.2 Å². The summed E-state index contributed by atoms with van der Waals surface area (Å²) in [7, 11) is 0. The Labute approximate surface area is 191 Å². The maximum atomic E-state index is 12.6. The van der Waals surface area contributed by atoms with Crippen molar-refractivity contribution in [2.45, 2.75) is 13.8 Å². The molecule has 6 nitrogen and oxygen atoms in total. The molecule has 0 aromatic heterocycles. The van der Waals surface area contributed by atoms with Gasteiger partial charge < -0.3 is 19.7 Å². The van der Waals surface area contributed by atoms with Crippen LogP contribution in [0.15, 0.2) is 72.8 Å². The highest BCUT2D eigenvalue weighted by Gasteiger charge is 2.26. The van der Waals surface area contributed by atoms with E-state index >= 15 is 0 Å². The molecule has 0 bridgehead atoms. The van der Waals surface area contributed by atoms with Gasteiger partial charge in [-0.15, -0.1) is 0 Å². The third kappa shape index (κ3) is 4.60. The average Bonchev–Trinajstić information content (AvgIpc) is 2.82. The molecule has 0 atom stereocenters. The van der Waals surface area contributed by atoms with Gasteiger partial charge in [-0.25, -0.2) is 9.59 Å². The lowest BCUT2D eigenvalue weighted by atomic mass is 9.96. The van der Waals surface area contributed by atoms with Gasteiger partial charge in [-0.05, 0) is 22.9 Å². The highest BCUT2D eigenvalue weighted by Crippen LogP contribution is 2.31. The van der Waals surface area contributed by atoms with Crippen LogP contribution in [0, 0.1) is 5.41 Å². The van der Waals surface area contributed by atoms with E-state index in [-0.39, 0.29) is 35.8 Å². The monoisotopic (exact) mass is 444 g/mol. The van der Waals surface area contributed by atoms with Crippen LogP contribution in [0.2, 0.25) is 0 Å². The molecule has 4 rings (SSSR count). The van der Waals surface area contributed by atoms with Gasteiger partial charge in [-0.1, -0.05) is 74.5 Å². The minimum absolute atomic E-state index is 0.0327. The lowest BCUT2D eigenvalue weighted by Gasteiger charge is -2.24. The van der Waals surface area contributed by atoms with Gasteiger partial charge in [-0.3, -0.25) is 0 Å². The highest BCUT2D eigenvalue weighted by molar-refractivity contribution is 6.02. The first-order chi connectivity index (χ1) is 15.8. The first kappa shape index (κ1) is 22.1. The number of esters is 2. The van der Waals surface area contributed by atoms with Gasteiger partial charge in [0.1, 0.15) is 22.6 Å². The van der Waals surface area contributed by atoms with E-state index in [1.807, 2.05) is 24.3 Å². The van der Waals surface area contributed by atoms with Gasteiger partial charge in [0.2, 0.25) is 0 Å². The average molecular weight is 444 g/mol. The summed E-state index contributed by atoms with van der Waals surface area (Å²) in [5, 5.41) is 23.7. The predicted molar refractivity (Wildman–Crippen MR) is 126 cm³/mol. The first-order valence-electron chi connectivity index (χ1n) is 10.5. The quantitative estimate of drug-likeness (QED) is 0.385. The van der Waals surface area contributed by atoms with Crippen LogP contribution in [0.4, 0.5) is 0 Å². The summed E-state index contributed by atoms with van der Waals surface area (Å²) in [5.41, 5.74) is -0.547. The zero-order valence-electron chi connectivity index (χ0n) is 18.4. The first-order valence-corrected chi connectivity index (χ1v) is 10.5. The molecule has 0 amide bonds. The number of fused-ring (bicyclic) bond motifs is 2. The maximum Gasteiger partial charge on any atom is 0.341 e. The number of carbonyl (C=O) groups excluding carboxylic acids is 2. The van der Waals surface area contributed by atoms with Crippen LogP contribution in [-0.2, 0) is 9.47 Å². The van der Waals surface area contributed by atoms with Crippen molar-refractivity contribution in [3.8, 4) is 11.5 Å². The Kier molecular flexibility index (Phi) is 5.92. The number of aromatic hydroxyl groups is 2. The third-order valence-corrected chi connectivity index (χ3v) is 5.43. The number of carbonyl (C=O) groups is 2. The molecule has 0 saturated carbocycles. The van der Waals surface area contributed by atoms with Crippen molar-refractivity contribution in [3.63, 3.8) is 0 Å². The summed E-state index contributed by atoms with van der Waals surface area (Å²) in [6, 6.07) is 20.9. The Balaban J connectivity index is 1.39. The minimum Gasteiger partial charge on any atom is -0.506 e. The van der Waals surface area contributed by atoms with Gasteiger partial charge in [-0.2, -0.15) is 0 Å². The zero-order valence-corrected chi connectivity index (χ0v) is 18.4. The fraction of sp³-hybridized carbons (Fsp3) is 0.185. The van der Waals surface area contributed by atoms with Crippen molar-refractivity contribution in [1.82, 2.24) is 0 Å². The summed E-state index contributed by atoms with van der Waals surface area (Å²) in [4.78, 5) is 25.1. The van der Waals surface area contributed by atoms with Crippen molar-refractivity contribution >= 4 is 33.5 Å². The fourth-order valence-corrected chi connectivity index (χ4v) is 3.56. The number of rotatable bonds is 6. The van der Waals surface area contributed by atoms with Crippen LogP contribution in [0.5, 0.6) is 11.5 Å². The molecule has 33 heavy (non-hydrogen) atoms. The number of hydrogen-bond acceptors (Lipinski definition) is 6. The molecule has 0 heterocycles. The molecule has 0 saturated heterocycles. The van der Waals surface area contributed by atoms with E-state index in [0.29, 0.717) is 10.8 Å². The molecule has 4 aromatic rings. The molecule has 2 N–H and O–H groups in total. The molecule has 0 unspecified atom stereocenters. The van der Waals surface area contributed by atoms with Crippen molar-refractivity contribution in [1.29, 1.82) is 0 Å². The SMILES string of the molecule is CC(C)(COC(=O)c1ccc2ccccc2c1O)COC(=O)c1ccc2ccccc2c1O. The normalized spacial score (nSPS) is 11.5. The topological polar surface area (TPSA) is 93.1 Å². The van der Waals surface area contributed by atoms with Gasteiger partial charge in [0.05, 0.1) is 13.2 Å². The Morgan fingerprint density at radius 2 is 1.06 bits per heavy atom. The molecule has 0 radical (unpaired) electrons. The number of phenolic OH excluding ortho intramolecular Hbond substituents is 2. The molecule has 0 fully saturated rings. The minimum atomic E-state index is -0.690. The lowest BCUT2D eigenvalue weighted by Crippen LogP contribution is -2.28. The van der Waals surface area contributed by atoms with E-state index in [9.17, 15) is 19.8 Å². The van der Waals surface area contributed by atoms with Crippen LogP contribution in [0.1, 0.15) is 34.6 Å². The summed E-state index contributed by atoms with van der Waals surface area (Å²) < 4.78 is 10.8. The van der Waals surface area contributed by atoms with E-state index in [2.05, 4.69) is 0 Å². The number of benzene rings is 4. The van der Waals surface area contributed by atoms with E-state index in [4.69, 9.17) is 9.47 Å². The van der Waals surface area contributed by atoms with E-state index < -0.39 is 17.4 Å². The van der Waals surface area contributed by atoms with Crippen LogP contribution >= 0.6 is 0 Å². The molecule has 0 aliphatic heterocycles. The number of ether oxygens (including phenoxy) is 2. The summed E-state index contributed by atoms with van der Waals surface area (Å²) in [5.74, 6) is -1.59. The second kappa shape index (κ2) is 8.82. The van der Waals surface area contributed by atoms with Crippen LogP contribution in [0.25, 0.3) is 21.5 Å². The smallest absolute Gasteiger partial charge is 0.341 e. The Morgan fingerprint density at radius 3 is 1.48 bits per heavy atom. The van der Waals surface area contributed by atoms with Crippen molar-refractivity contribution in [3.05, 3.63) is 83.9 Å². The van der Waals surface area contributed by atoms with Crippen molar-refractivity contribution in [2.24, 2.45) is 5.41 Å².